The molecule has 0 radical (unpaired) electrons. The van der Waals surface area contributed by atoms with Crippen LogP contribution in [0.15, 0.2) is 0 Å². The fourth-order valence-corrected chi connectivity index (χ4v) is 2.36. The second-order valence-electron chi connectivity index (χ2n) is 4.70. The summed E-state index contributed by atoms with van der Waals surface area (Å²) < 4.78 is 0. The summed E-state index contributed by atoms with van der Waals surface area (Å²) in [5, 5.41) is 0. The van der Waals surface area contributed by atoms with Crippen molar-refractivity contribution in [1.82, 2.24) is 4.90 Å². The van der Waals surface area contributed by atoms with Crippen molar-refractivity contribution >= 4 is 17.5 Å². The Kier molecular flexibility index (Phi) is 5.44. The van der Waals surface area contributed by atoms with Gasteiger partial charge in [0.25, 0.3) is 0 Å². The summed E-state index contributed by atoms with van der Waals surface area (Å²) in [4.78, 5) is 13.5. The van der Waals surface area contributed by atoms with Crippen LogP contribution in [-0.2, 0) is 4.79 Å². The van der Waals surface area contributed by atoms with Gasteiger partial charge in [-0.1, -0.05) is 25.7 Å². The molecule has 2 nitrogen and oxygen atoms in total. The largest absolute Gasteiger partial charge is 0.342 e. The molecule has 1 unspecified atom stereocenters. The van der Waals surface area contributed by atoms with Crippen LogP contribution in [0, 0.1) is 5.92 Å². The number of hydrogen-bond acceptors (Lipinski definition) is 1. The molecule has 1 saturated carbocycles. The lowest BCUT2D eigenvalue weighted by molar-refractivity contribution is -0.131. The van der Waals surface area contributed by atoms with Crippen LogP contribution in [0.2, 0.25) is 0 Å². The number of carbonyl (C=O) groups is 1. The van der Waals surface area contributed by atoms with Gasteiger partial charge in [0.05, 0.1) is 0 Å². The first-order valence-electron chi connectivity index (χ1n) is 5.96. The van der Waals surface area contributed by atoms with Crippen LogP contribution in [0.4, 0.5) is 0 Å². The first-order chi connectivity index (χ1) is 7.15. The highest BCUT2D eigenvalue weighted by molar-refractivity contribution is 6.18. The molecular formula is C12H22ClNO. The van der Waals surface area contributed by atoms with E-state index < -0.39 is 0 Å². The first-order valence-corrected chi connectivity index (χ1v) is 6.50. The second kappa shape index (κ2) is 6.37. The molecule has 0 aliphatic heterocycles. The number of alkyl halides is 1. The van der Waals surface area contributed by atoms with Crippen molar-refractivity contribution in [1.29, 1.82) is 0 Å². The lowest BCUT2D eigenvalue weighted by Crippen LogP contribution is -2.36. The average molecular weight is 232 g/mol. The van der Waals surface area contributed by atoms with Crippen molar-refractivity contribution in [3.8, 4) is 0 Å². The molecule has 0 bridgehead atoms. The lowest BCUT2D eigenvalue weighted by Gasteiger charge is -2.23. The summed E-state index contributed by atoms with van der Waals surface area (Å²) in [6.45, 7) is 1.99. The topological polar surface area (TPSA) is 20.3 Å². The molecule has 1 fully saturated rings. The Hall–Kier alpha value is -0.240. The van der Waals surface area contributed by atoms with E-state index in [1.54, 1.807) is 4.90 Å². The summed E-state index contributed by atoms with van der Waals surface area (Å²) in [6, 6.07) is 0.155. The molecule has 0 aromatic carbocycles. The Morgan fingerprint density at radius 2 is 2.07 bits per heavy atom. The molecule has 15 heavy (non-hydrogen) atoms. The fourth-order valence-electron chi connectivity index (χ4n) is 2.15. The van der Waals surface area contributed by atoms with Gasteiger partial charge in [-0.25, -0.2) is 0 Å². The molecule has 1 aliphatic rings. The Balaban J connectivity index is 2.22. The quantitative estimate of drug-likeness (QED) is 0.666. The number of amides is 1. The van der Waals surface area contributed by atoms with Gasteiger partial charge in [0.15, 0.2) is 0 Å². The smallest absolute Gasteiger partial charge is 0.222 e. The standard InChI is InChI=1S/C12H22ClNO/c1-10(9-13)14(2)12(15)8-7-11-5-3-4-6-11/h10-11H,3-9H2,1-2H3. The zero-order chi connectivity index (χ0) is 11.3. The third kappa shape index (κ3) is 4.02. The molecule has 0 saturated heterocycles. The van der Waals surface area contributed by atoms with Crippen LogP contribution in [0.25, 0.3) is 0 Å². The lowest BCUT2D eigenvalue weighted by atomic mass is 10.0. The molecule has 0 N–H and O–H groups in total. The number of hydrogen-bond donors (Lipinski definition) is 0. The molecule has 1 rings (SSSR count). The number of rotatable bonds is 5. The molecule has 88 valence electrons. The van der Waals surface area contributed by atoms with Gasteiger partial charge in [-0.15, -0.1) is 11.6 Å². The van der Waals surface area contributed by atoms with E-state index in [1.807, 2.05) is 14.0 Å². The van der Waals surface area contributed by atoms with Crippen molar-refractivity contribution in [2.24, 2.45) is 5.92 Å². The molecule has 1 amide bonds. The Morgan fingerprint density at radius 3 is 2.60 bits per heavy atom. The Morgan fingerprint density at radius 1 is 1.47 bits per heavy atom. The normalized spacial score (nSPS) is 19.1. The molecule has 1 aliphatic carbocycles. The van der Waals surface area contributed by atoms with E-state index in [0.717, 1.165) is 12.3 Å². The Labute approximate surface area is 98.0 Å². The molecule has 1 atom stereocenters. The zero-order valence-corrected chi connectivity index (χ0v) is 10.6. The summed E-state index contributed by atoms with van der Waals surface area (Å²) in [7, 11) is 1.85. The van der Waals surface area contributed by atoms with Gasteiger partial charge in [-0.2, -0.15) is 0 Å². The SMILES string of the molecule is CC(CCl)N(C)C(=O)CCC1CCCC1. The van der Waals surface area contributed by atoms with Gasteiger partial charge in [0.1, 0.15) is 0 Å². The molecule has 0 aromatic rings. The van der Waals surface area contributed by atoms with Gasteiger partial charge in [-0.3, -0.25) is 4.79 Å². The minimum Gasteiger partial charge on any atom is -0.342 e. The summed E-state index contributed by atoms with van der Waals surface area (Å²) in [5.74, 6) is 1.56. The minimum atomic E-state index is 0.155. The average Bonchev–Trinajstić information content (AvgIpc) is 2.76. The van der Waals surface area contributed by atoms with E-state index in [-0.39, 0.29) is 11.9 Å². The highest BCUT2D eigenvalue weighted by Crippen LogP contribution is 2.28. The summed E-state index contributed by atoms with van der Waals surface area (Å²) in [5.41, 5.74) is 0. The first kappa shape index (κ1) is 12.8. The highest BCUT2D eigenvalue weighted by atomic mass is 35.5. The van der Waals surface area contributed by atoms with Gasteiger partial charge < -0.3 is 4.90 Å². The van der Waals surface area contributed by atoms with Crippen molar-refractivity contribution < 1.29 is 4.79 Å². The number of halogens is 1. The van der Waals surface area contributed by atoms with E-state index in [0.29, 0.717) is 12.3 Å². The predicted octanol–water partition coefficient (Wildman–Crippen LogP) is 3.04. The molecule has 0 aromatic heterocycles. The van der Waals surface area contributed by atoms with Crippen LogP contribution in [0.5, 0.6) is 0 Å². The third-order valence-electron chi connectivity index (χ3n) is 3.52. The van der Waals surface area contributed by atoms with Crippen LogP contribution in [0.1, 0.15) is 45.4 Å². The van der Waals surface area contributed by atoms with E-state index in [4.69, 9.17) is 11.6 Å². The van der Waals surface area contributed by atoms with E-state index in [1.165, 1.54) is 25.7 Å². The number of carbonyl (C=O) groups excluding carboxylic acids is 1. The Bertz CT molecular complexity index is 202. The van der Waals surface area contributed by atoms with Crippen LogP contribution >= 0.6 is 11.6 Å². The zero-order valence-electron chi connectivity index (χ0n) is 9.84. The molecule has 0 spiro atoms. The van der Waals surface area contributed by atoms with Crippen molar-refractivity contribution in [2.45, 2.75) is 51.5 Å². The van der Waals surface area contributed by atoms with E-state index in [2.05, 4.69) is 0 Å². The third-order valence-corrected chi connectivity index (χ3v) is 3.97. The molecule has 3 heteroatoms. The van der Waals surface area contributed by atoms with Crippen molar-refractivity contribution in [3.05, 3.63) is 0 Å². The highest BCUT2D eigenvalue weighted by Gasteiger charge is 2.19. The van der Waals surface area contributed by atoms with E-state index >= 15 is 0 Å². The summed E-state index contributed by atoms with van der Waals surface area (Å²) >= 11 is 5.72. The monoisotopic (exact) mass is 231 g/mol. The fraction of sp³-hybridized carbons (Fsp3) is 0.917. The predicted molar refractivity (Wildman–Crippen MR) is 64.1 cm³/mol. The van der Waals surface area contributed by atoms with Crippen LogP contribution < -0.4 is 0 Å². The molecular weight excluding hydrogens is 210 g/mol. The number of nitrogens with zero attached hydrogens (tertiary/aromatic N) is 1. The van der Waals surface area contributed by atoms with Gasteiger partial charge in [0.2, 0.25) is 5.91 Å². The summed E-state index contributed by atoms with van der Waals surface area (Å²) in [6.07, 6.45) is 7.12. The van der Waals surface area contributed by atoms with E-state index in [9.17, 15) is 4.79 Å². The maximum atomic E-state index is 11.8. The van der Waals surface area contributed by atoms with Gasteiger partial charge in [0, 0.05) is 25.4 Å². The maximum Gasteiger partial charge on any atom is 0.222 e. The van der Waals surface area contributed by atoms with Crippen LogP contribution in [0.3, 0.4) is 0 Å². The van der Waals surface area contributed by atoms with Gasteiger partial charge in [-0.05, 0) is 19.3 Å². The minimum absolute atomic E-state index is 0.155. The van der Waals surface area contributed by atoms with Crippen molar-refractivity contribution in [2.75, 3.05) is 12.9 Å². The van der Waals surface area contributed by atoms with Gasteiger partial charge >= 0.3 is 0 Å². The second-order valence-corrected chi connectivity index (χ2v) is 5.01. The van der Waals surface area contributed by atoms with Crippen molar-refractivity contribution in [3.63, 3.8) is 0 Å². The molecule has 0 heterocycles. The maximum absolute atomic E-state index is 11.8. The van der Waals surface area contributed by atoms with Crippen LogP contribution in [-0.4, -0.2) is 29.8 Å².